The maximum atomic E-state index is 13.0. The van der Waals surface area contributed by atoms with Gasteiger partial charge in [-0.3, -0.25) is 0 Å². The van der Waals surface area contributed by atoms with Gasteiger partial charge in [-0.15, -0.1) is 0 Å². The highest BCUT2D eigenvalue weighted by Gasteiger charge is 2.23. The van der Waals surface area contributed by atoms with E-state index < -0.39 is 5.82 Å². The molecule has 0 saturated carbocycles. The van der Waals surface area contributed by atoms with Crippen molar-refractivity contribution in [3.05, 3.63) is 64.4 Å². The molecule has 0 fully saturated rings. The molecule has 108 valence electrons. The quantitative estimate of drug-likeness (QED) is 0.854. The second-order valence-electron chi connectivity index (χ2n) is 5.01. The van der Waals surface area contributed by atoms with Gasteiger partial charge in [0, 0.05) is 0 Å². The number of hydrogen-bond donors (Lipinski definition) is 2. The van der Waals surface area contributed by atoms with Crippen LogP contribution >= 0.6 is 11.6 Å². The van der Waals surface area contributed by atoms with E-state index in [1.54, 1.807) is 0 Å². The first-order valence-electron chi connectivity index (χ1n) is 6.74. The number of nitrogens with one attached hydrogen (secondary N) is 2. The number of aryl methyl sites for hydroxylation is 1. The van der Waals surface area contributed by atoms with Gasteiger partial charge in [0.25, 0.3) is 0 Å². The van der Waals surface area contributed by atoms with Crippen molar-refractivity contribution in [2.24, 2.45) is 0 Å². The van der Waals surface area contributed by atoms with E-state index in [-0.39, 0.29) is 17.1 Å². The predicted molar refractivity (Wildman–Crippen MR) is 81.1 cm³/mol. The van der Waals surface area contributed by atoms with Crippen LogP contribution in [0, 0.1) is 5.82 Å². The van der Waals surface area contributed by atoms with Crippen molar-refractivity contribution in [3.8, 4) is 0 Å². The lowest BCUT2D eigenvalue weighted by atomic mass is 10.1. The van der Waals surface area contributed by atoms with E-state index in [9.17, 15) is 9.18 Å². The number of hydrogen-bond acceptors (Lipinski definition) is 1. The third-order valence-electron chi connectivity index (χ3n) is 3.62. The summed E-state index contributed by atoms with van der Waals surface area (Å²) in [7, 11) is 0. The molecule has 2 amide bonds. The highest BCUT2D eigenvalue weighted by molar-refractivity contribution is 6.33. The Morgan fingerprint density at radius 3 is 2.86 bits per heavy atom. The molecular formula is C16H14ClFN2O. The highest BCUT2D eigenvalue weighted by atomic mass is 35.5. The Labute approximate surface area is 127 Å². The summed E-state index contributed by atoms with van der Waals surface area (Å²) in [4.78, 5) is 12.0. The average Bonchev–Trinajstić information content (AvgIpc) is 2.85. The minimum absolute atomic E-state index is 0.000392. The molecule has 3 rings (SSSR count). The fourth-order valence-electron chi connectivity index (χ4n) is 2.61. The Hall–Kier alpha value is -2.07. The maximum absolute atomic E-state index is 13.0. The fraction of sp³-hybridized carbons (Fsp3) is 0.188. The Bertz CT molecular complexity index is 690. The van der Waals surface area contributed by atoms with Gasteiger partial charge in [0.15, 0.2) is 0 Å². The van der Waals surface area contributed by atoms with Gasteiger partial charge in [0.2, 0.25) is 0 Å². The molecule has 5 heteroatoms. The molecule has 1 aliphatic carbocycles. The molecule has 21 heavy (non-hydrogen) atoms. The van der Waals surface area contributed by atoms with Crippen LogP contribution in [-0.4, -0.2) is 6.03 Å². The van der Waals surface area contributed by atoms with Crippen molar-refractivity contribution < 1.29 is 9.18 Å². The van der Waals surface area contributed by atoms with Gasteiger partial charge in [0.05, 0.1) is 16.8 Å². The van der Waals surface area contributed by atoms with Crippen LogP contribution in [0.3, 0.4) is 0 Å². The number of benzene rings is 2. The Kier molecular flexibility index (Phi) is 3.80. The lowest BCUT2D eigenvalue weighted by Gasteiger charge is -2.15. The van der Waals surface area contributed by atoms with E-state index >= 15 is 0 Å². The minimum Gasteiger partial charge on any atom is -0.331 e. The molecule has 3 nitrogen and oxygen atoms in total. The van der Waals surface area contributed by atoms with Crippen molar-refractivity contribution in [3.63, 3.8) is 0 Å². The Morgan fingerprint density at radius 2 is 2.05 bits per heavy atom. The highest BCUT2D eigenvalue weighted by Crippen LogP contribution is 2.31. The molecule has 0 saturated heterocycles. The second-order valence-corrected chi connectivity index (χ2v) is 5.42. The van der Waals surface area contributed by atoms with Crippen LogP contribution in [0.15, 0.2) is 42.5 Å². The van der Waals surface area contributed by atoms with Crippen LogP contribution in [0.1, 0.15) is 23.6 Å². The molecule has 2 N–H and O–H groups in total. The number of carbonyl (C=O) groups is 1. The molecule has 1 atom stereocenters. The number of anilines is 1. The Morgan fingerprint density at radius 1 is 1.24 bits per heavy atom. The largest absolute Gasteiger partial charge is 0.331 e. The van der Waals surface area contributed by atoms with Gasteiger partial charge in [-0.1, -0.05) is 35.9 Å². The summed E-state index contributed by atoms with van der Waals surface area (Å²) in [5, 5.41) is 5.75. The number of rotatable bonds is 2. The standard InChI is InChI=1S/C16H14ClFN2O/c17-13-9-11(18)6-8-15(13)20-16(21)19-14-7-5-10-3-1-2-4-12(10)14/h1-4,6,8-9,14H,5,7H2,(H2,19,20,21). The predicted octanol–water partition coefficient (Wildman–Crippen LogP) is 4.29. The van der Waals surface area contributed by atoms with Gasteiger partial charge >= 0.3 is 6.03 Å². The number of fused-ring (bicyclic) bond motifs is 1. The van der Waals surface area contributed by atoms with Crippen LogP contribution in [0.25, 0.3) is 0 Å². The van der Waals surface area contributed by atoms with Crippen LogP contribution in [-0.2, 0) is 6.42 Å². The second kappa shape index (κ2) is 5.74. The van der Waals surface area contributed by atoms with E-state index in [1.165, 1.54) is 23.8 Å². The van der Waals surface area contributed by atoms with E-state index in [0.717, 1.165) is 18.4 Å². The van der Waals surface area contributed by atoms with Crippen molar-refractivity contribution in [2.75, 3.05) is 5.32 Å². The summed E-state index contributed by atoms with van der Waals surface area (Å²) in [6, 6.07) is 11.6. The zero-order valence-corrected chi connectivity index (χ0v) is 12.0. The smallest absolute Gasteiger partial charge is 0.319 e. The lowest BCUT2D eigenvalue weighted by Crippen LogP contribution is -2.31. The summed E-state index contributed by atoms with van der Waals surface area (Å²) < 4.78 is 13.0. The van der Waals surface area contributed by atoms with Crippen molar-refractivity contribution >= 4 is 23.3 Å². The lowest BCUT2D eigenvalue weighted by molar-refractivity contribution is 0.248. The first kappa shape index (κ1) is 13.9. The van der Waals surface area contributed by atoms with Crippen molar-refractivity contribution in [2.45, 2.75) is 18.9 Å². The van der Waals surface area contributed by atoms with E-state index in [2.05, 4.69) is 16.7 Å². The summed E-state index contributed by atoms with van der Waals surface area (Å²) in [5.41, 5.74) is 2.81. The number of urea groups is 1. The SMILES string of the molecule is O=C(Nc1ccc(F)cc1Cl)NC1CCc2ccccc21. The summed E-state index contributed by atoms with van der Waals surface area (Å²) in [5.74, 6) is -0.435. The first-order chi connectivity index (χ1) is 10.1. The first-order valence-corrected chi connectivity index (χ1v) is 7.11. The van der Waals surface area contributed by atoms with Gasteiger partial charge in [-0.25, -0.2) is 9.18 Å². The molecule has 2 aromatic carbocycles. The third kappa shape index (κ3) is 3.00. The van der Waals surface area contributed by atoms with Crippen LogP contribution in [0.5, 0.6) is 0 Å². The van der Waals surface area contributed by atoms with Gasteiger partial charge in [-0.05, 0) is 42.2 Å². The molecular weight excluding hydrogens is 291 g/mol. The molecule has 0 aromatic heterocycles. The minimum atomic E-state index is -0.435. The van der Waals surface area contributed by atoms with Gasteiger partial charge in [0.1, 0.15) is 5.82 Å². The van der Waals surface area contributed by atoms with Crippen LogP contribution in [0.4, 0.5) is 14.9 Å². The number of carbonyl (C=O) groups excluding carboxylic acids is 1. The third-order valence-corrected chi connectivity index (χ3v) is 3.93. The fourth-order valence-corrected chi connectivity index (χ4v) is 2.83. The monoisotopic (exact) mass is 304 g/mol. The van der Waals surface area contributed by atoms with Crippen LogP contribution < -0.4 is 10.6 Å². The van der Waals surface area contributed by atoms with Crippen molar-refractivity contribution in [1.82, 2.24) is 5.32 Å². The molecule has 0 aliphatic heterocycles. The molecule has 0 spiro atoms. The summed E-state index contributed by atoms with van der Waals surface area (Å²) in [6.45, 7) is 0. The average molecular weight is 305 g/mol. The van der Waals surface area contributed by atoms with E-state index in [0.29, 0.717) is 5.69 Å². The molecule has 0 heterocycles. The zero-order chi connectivity index (χ0) is 14.8. The molecule has 2 aromatic rings. The molecule has 0 radical (unpaired) electrons. The normalized spacial score (nSPS) is 16.4. The molecule has 1 aliphatic rings. The topological polar surface area (TPSA) is 41.1 Å². The van der Waals surface area contributed by atoms with Gasteiger partial charge < -0.3 is 10.6 Å². The maximum Gasteiger partial charge on any atom is 0.319 e. The summed E-state index contributed by atoms with van der Waals surface area (Å²) >= 11 is 5.89. The number of amides is 2. The zero-order valence-electron chi connectivity index (χ0n) is 11.2. The van der Waals surface area contributed by atoms with Gasteiger partial charge in [-0.2, -0.15) is 0 Å². The molecule has 0 bridgehead atoms. The van der Waals surface area contributed by atoms with E-state index in [4.69, 9.17) is 11.6 Å². The summed E-state index contributed by atoms with van der Waals surface area (Å²) in [6.07, 6.45) is 1.84. The van der Waals surface area contributed by atoms with E-state index in [1.807, 2.05) is 18.2 Å². The van der Waals surface area contributed by atoms with Crippen LogP contribution in [0.2, 0.25) is 5.02 Å². The Balaban J connectivity index is 1.68. The number of halogens is 2. The van der Waals surface area contributed by atoms with Crippen molar-refractivity contribution in [1.29, 1.82) is 0 Å². The molecule has 1 unspecified atom stereocenters.